The van der Waals surface area contributed by atoms with Gasteiger partial charge in [-0.05, 0) is 37.3 Å². The van der Waals surface area contributed by atoms with Gasteiger partial charge in [0, 0.05) is 18.8 Å². The molecule has 0 fully saturated rings. The number of para-hydroxylation sites is 1. The fourth-order valence-electron chi connectivity index (χ4n) is 2.54. The van der Waals surface area contributed by atoms with E-state index in [-0.39, 0.29) is 10.5 Å². The highest BCUT2D eigenvalue weighted by Gasteiger charge is 2.24. The lowest BCUT2D eigenvalue weighted by atomic mass is 10.2. The van der Waals surface area contributed by atoms with E-state index in [1.165, 1.54) is 35.5 Å². The molecule has 0 bridgehead atoms. The summed E-state index contributed by atoms with van der Waals surface area (Å²) in [6, 6.07) is 14.4. The number of nitrogens with zero attached hydrogens (tertiary/aromatic N) is 1. The fraction of sp³-hybridized carbons (Fsp3) is 0.300. The van der Waals surface area contributed by atoms with Gasteiger partial charge in [0.15, 0.2) is 6.10 Å². The molecule has 0 saturated heterocycles. The van der Waals surface area contributed by atoms with E-state index in [2.05, 4.69) is 5.32 Å². The van der Waals surface area contributed by atoms with Crippen LogP contribution in [-0.2, 0) is 19.6 Å². The van der Waals surface area contributed by atoms with Crippen LogP contribution in [0.2, 0.25) is 0 Å². The number of benzene rings is 2. The molecule has 0 aromatic heterocycles. The van der Waals surface area contributed by atoms with Crippen LogP contribution in [0.15, 0.2) is 59.5 Å². The van der Waals surface area contributed by atoms with Gasteiger partial charge in [0.25, 0.3) is 5.91 Å². The molecular formula is C20H24N2O5S. The number of ether oxygens (including phenoxy) is 1. The van der Waals surface area contributed by atoms with E-state index in [9.17, 15) is 18.0 Å². The first-order chi connectivity index (χ1) is 13.3. The number of rotatable bonds is 8. The molecule has 1 atom stereocenters. The van der Waals surface area contributed by atoms with Crippen molar-refractivity contribution in [3.05, 3.63) is 60.2 Å². The Balaban J connectivity index is 2.11. The Bertz CT molecular complexity index is 925. The molecule has 2 rings (SSSR count). The molecule has 2 aromatic rings. The molecule has 150 valence electrons. The topological polar surface area (TPSA) is 92.8 Å². The van der Waals surface area contributed by atoms with Crippen molar-refractivity contribution in [3.8, 4) is 0 Å². The van der Waals surface area contributed by atoms with E-state index in [1.807, 2.05) is 6.07 Å². The monoisotopic (exact) mass is 404 g/mol. The SMILES string of the molecule is CCN(CC)S(=O)(=O)c1cccc(C(=O)O[C@@H](C)C(=O)Nc2ccccc2)c1. The second-order valence-electron chi connectivity index (χ2n) is 6.02. The van der Waals surface area contributed by atoms with Crippen molar-refractivity contribution in [3.63, 3.8) is 0 Å². The summed E-state index contributed by atoms with van der Waals surface area (Å²) in [6.45, 7) is 5.58. The lowest BCUT2D eigenvalue weighted by Gasteiger charge is -2.19. The molecule has 7 nitrogen and oxygen atoms in total. The van der Waals surface area contributed by atoms with Crippen LogP contribution in [0.3, 0.4) is 0 Å². The Morgan fingerprint density at radius 3 is 2.29 bits per heavy atom. The van der Waals surface area contributed by atoms with Gasteiger partial charge in [0.1, 0.15) is 0 Å². The number of amides is 1. The second kappa shape index (κ2) is 9.48. The highest BCUT2D eigenvalue weighted by atomic mass is 32.2. The van der Waals surface area contributed by atoms with Crippen LogP contribution in [0.4, 0.5) is 5.69 Å². The van der Waals surface area contributed by atoms with Crippen LogP contribution in [0.1, 0.15) is 31.1 Å². The number of carbonyl (C=O) groups excluding carboxylic acids is 2. The number of nitrogens with one attached hydrogen (secondary N) is 1. The van der Waals surface area contributed by atoms with Crippen LogP contribution >= 0.6 is 0 Å². The number of sulfonamides is 1. The van der Waals surface area contributed by atoms with E-state index in [4.69, 9.17) is 4.74 Å². The summed E-state index contributed by atoms with van der Waals surface area (Å²) < 4.78 is 31.7. The highest BCUT2D eigenvalue weighted by Crippen LogP contribution is 2.18. The lowest BCUT2D eigenvalue weighted by Crippen LogP contribution is -2.31. The molecule has 0 unspecified atom stereocenters. The summed E-state index contributed by atoms with van der Waals surface area (Å²) in [5, 5.41) is 2.65. The Morgan fingerprint density at radius 1 is 1.04 bits per heavy atom. The van der Waals surface area contributed by atoms with Crippen molar-refractivity contribution in [2.45, 2.75) is 31.8 Å². The Labute approximate surface area is 165 Å². The van der Waals surface area contributed by atoms with Gasteiger partial charge >= 0.3 is 5.97 Å². The van der Waals surface area contributed by atoms with E-state index >= 15 is 0 Å². The van der Waals surface area contributed by atoms with E-state index in [0.717, 1.165) is 0 Å². The molecule has 2 aromatic carbocycles. The lowest BCUT2D eigenvalue weighted by molar-refractivity contribution is -0.123. The van der Waals surface area contributed by atoms with Crippen molar-refractivity contribution in [2.75, 3.05) is 18.4 Å². The molecule has 0 heterocycles. The highest BCUT2D eigenvalue weighted by molar-refractivity contribution is 7.89. The van der Waals surface area contributed by atoms with E-state index < -0.39 is 28.0 Å². The molecule has 0 saturated carbocycles. The predicted molar refractivity (Wildman–Crippen MR) is 106 cm³/mol. The summed E-state index contributed by atoms with van der Waals surface area (Å²) in [4.78, 5) is 24.6. The first-order valence-corrected chi connectivity index (χ1v) is 10.4. The van der Waals surface area contributed by atoms with Crippen molar-refractivity contribution >= 4 is 27.6 Å². The van der Waals surface area contributed by atoms with Gasteiger partial charge in [-0.3, -0.25) is 4.79 Å². The van der Waals surface area contributed by atoms with Gasteiger partial charge in [-0.15, -0.1) is 0 Å². The molecule has 1 N–H and O–H groups in total. The third-order valence-corrected chi connectivity index (χ3v) is 6.15. The van der Waals surface area contributed by atoms with Gasteiger partial charge in [0.05, 0.1) is 10.5 Å². The molecule has 8 heteroatoms. The molecule has 0 aliphatic carbocycles. The summed E-state index contributed by atoms with van der Waals surface area (Å²) in [7, 11) is -3.70. The average Bonchev–Trinajstić information content (AvgIpc) is 2.69. The zero-order valence-corrected chi connectivity index (χ0v) is 16.9. The average molecular weight is 404 g/mol. The van der Waals surface area contributed by atoms with Gasteiger partial charge in [0.2, 0.25) is 10.0 Å². The summed E-state index contributed by atoms with van der Waals surface area (Å²) in [5.41, 5.74) is 0.648. The van der Waals surface area contributed by atoms with Crippen LogP contribution in [-0.4, -0.2) is 43.8 Å². The summed E-state index contributed by atoms with van der Waals surface area (Å²) in [5.74, 6) is -1.25. The van der Waals surface area contributed by atoms with E-state index in [1.54, 1.807) is 38.1 Å². The number of anilines is 1. The molecule has 28 heavy (non-hydrogen) atoms. The number of hydrogen-bond acceptors (Lipinski definition) is 5. The second-order valence-corrected chi connectivity index (χ2v) is 7.96. The fourth-order valence-corrected chi connectivity index (χ4v) is 4.05. The maximum atomic E-state index is 12.6. The normalized spacial score (nSPS) is 12.4. The molecule has 1 amide bonds. The minimum atomic E-state index is -3.70. The Hall–Kier alpha value is -2.71. The maximum Gasteiger partial charge on any atom is 0.338 e. The van der Waals surface area contributed by atoms with Crippen LogP contribution in [0.25, 0.3) is 0 Å². The minimum Gasteiger partial charge on any atom is -0.449 e. The van der Waals surface area contributed by atoms with Gasteiger partial charge in [-0.25, -0.2) is 13.2 Å². The quantitative estimate of drug-likeness (QED) is 0.683. The van der Waals surface area contributed by atoms with Gasteiger partial charge in [-0.2, -0.15) is 4.31 Å². The van der Waals surface area contributed by atoms with Crippen molar-refractivity contribution < 1.29 is 22.7 Å². The van der Waals surface area contributed by atoms with Crippen molar-refractivity contribution in [1.82, 2.24) is 4.31 Å². The van der Waals surface area contributed by atoms with Crippen LogP contribution in [0, 0.1) is 0 Å². The number of hydrogen-bond donors (Lipinski definition) is 1. The van der Waals surface area contributed by atoms with Gasteiger partial charge in [-0.1, -0.05) is 38.1 Å². The Kier molecular flexibility index (Phi) is 7.31. The molecule has 0 aliphatic heterocycles. The Morgan fingerprint density at radius 2 is 1.68 bits per heavy atom. The molecule has 0 aliphatic rings. The smallest absolute Gasteiger partial charge is 0.338 e. The summed E-state index contributed by atoms with van der Waals surface area (Å²) in [6.07, 6.45) is -1.05. The first kappa shape index (κ1) is 21.6. The maximum absolute atomic E-state index is 12.6. The van der Waals surface area contributed by atoms with Crippen molar-refractivity contribution in [1.29, 1.82) is 0 Å². The predicted octanol–water partition coefficient (Wildman–Crippen LogP) is 2.90. The zero-order chi connectivity index (χ0) is 20.7. The molecular weight excluding hydrogens is 380 g/mol. The summed E-state index contributed by atoms with van der Waals surface area (Å²) >= 11 is 0. The van der Waals surface area contributed by atoms with Gasteiger partial charge < -0.3 is 10.1 Å². The molecule has 0 spiro atoms. The number of carbonyl (C=O) groups is 2. The largest absolute Gasteiger partial charge is 0.449 e. The first-order valence-electron chi connectivity index (χ1n) is 8.96. The zero-order valence-electron chi connectivity index (χ0n) is 16.1. The third-order valence-electron chi connectivity index (χ3n) is 4.11. The van der Waals surface area contributed by atoms with Crippen LogP contribution < -0.4 is 5.32 Å². The molecule has 0 radical (unpaired) electrons. The van der Waals surface area contributed by atoms with Crippen molar-refractivity contribution in [2.24, 2.45) is 0 Å². The third kappa shape index (κ3) is 5.17. The van der Waals surface area contributed by atoms with Crippen LogP contribution in [0.5, 0.6) is 0 Å². The number of esters is 1. The minimum absolute atomic E-state index is 0.00652. The standard InChI is InChI=1S/C20H24N2O5S/c1-4-22(5-2)28(25,26)18-13-9-10-16(14-18)20(24)27-15(3)19(23)21-17-11-7-6-8-12-17/h6-15H,4-5H2,1-3H3,(H,21,23)/t15-/m0/s1. The van der Waals surface area contributed by atoms with E-state index in [0.29, 0.717) is 18.8 Å².